The predicted octanol–water partition coefficient (Wildman–Crippen LogP) is 3.22. The van der Waals surface area contributed by atoms with E-state index >= 15 is 0 Å². The summed E-state index contributed by atoms with van der Waals surface area (Å²) in [7, 11) is 0. The van der Waals surface area contributed by atoms with E-state index in [4.69, 9.17) is 4.74 Å². The minimum atomic E-state index is 0.457. The molecule has 2 unspecified atom stereocenters. The Morgan fingerprint density at radius 1 is 1.25 bits per heavy atom. The number of rotatable bonds is 9. The van der Waals surface area contributed by atoms with Crippen LogP contribution in [0.25, 0.3) is 0 Å². The Hall–Kier alpha value is -0.0800. The zero-order valence-electron chi connectivity index (χ0n) is 11.5. The van der Waals surface area contributed by atoms with Crippen LogP contribution in [0, 0.1) is 11.8 Å². The third-order valence-electron chi connectivity index (χ3n) is 3.22. The molecule has 0 spiro atoms. The highest BCUT2D eigenvalue weighted by atomic mass is 16.5. The molecule has 0 heterocycles. The fraction of sp³-hybridized carbons (Fsp3) is 1.00. The van der Waals surface area contributed by atoms with Crippen LogP contribution in [0.5, 0.6) is 0 Å². The molecular weight excluding hydrogens is 198 g/mol. The van der Waals surface area contributed by atoms with Gasteiger partial charge in [0.15, 0.2) is 0 Å². The first-order valence-corrected chi connectivity index (χ1v) is 7.04. The molecule has 1 rings (SSSR count). The van der Waals surface area contributed by atoms with Gasteiger partial charge in [0, 0.05) is 12.6 Å². The van der Waals surface area contributed by atoms with Crippen LogP contribution >= 0.6 is 0 Å². The first kappa shape index (κ1) is 14.0. The van der Waals surface area contributed by atoms with Crippen molar-refractivity contribution in [2.24, 2.45) is 11.8 Å². The SMILES string of the molecule is CCCNC(CC(C)C)C(OCC)C1CC1. The largest absolute Gasteiger partial charge is 0.377 e. The van der Waals surface area contributed by atoms with Crippen LogP contribution < -0.4 is 5.32 Å². The molecule has 0 amide bonds. The third-order valence-corrected chi connectivity index (χ3v) is 3.22. The Bertz CT molecular complexity index is 178. The molecule has 1 fully saturated rings. The second kappa shape index (κ2) is 7.29. The standard InChI is InChI=1S/C14H29NO/c1-5-9-15-13(10-11(3)4)14(16-6-2)12-7-8-12/h11-15H,5-10H2,1-4H3. The lowest BCUT2D eigenvalue weighted by molar-refractivity contribution is 0.0140. The van der Waals surface area contributed by atoms with E-state index in [9.17, 15) is 0 Å². The molecule has 0 aliphatic heterocycles. The van der Waals surface area contributed by atoms with Gasteiger partial charge < -0.3 is 10.1 Å². The molecule has 1 aliphatic carbocycles. The van der Waals surface area contributed by atoms with Gasteiger partial charge in [-0.3, -0.25) is 0 Å². The number of hydrogen-bond acceptors (Lipinski definition) is 2. The molecule has 0 aromatic carbocycles. The van der Waals surface area contributed by atoms with Crippen molar-refractivity contribution < 1.29 is 4.74 Å². The maximum Gasteiger partial charge on any atom is 0.0756 e. The average molecular weight is 227 g/mol. The smallest absolute Gasteiger partial charge is 0.0756 e. The summed E-state index contributed by atoms with van der Waals surface area (Å²) in [5.74, 6) is 1.57. The summed E-state index contributed by atoms with van der Waals surface area (Å²) in [6.07, 6.45) is 5.64. The molecule has 1 aliphatic rings. The lowest BCUT2D eigenvalue weighted by Gasteiger charge is -2.29. The Morgan fingerprint density at radius 2 is 1.94 bits per heavy atom. The predicted molar refractivity (Wildman–Crippen MR) is 69.7 cm³/mol. The van der Waals surface area contributed by atoms with Crippen LogP contribution in [0.1, 0.15) is 53.4 Å². The van der Waals surface area contributed by atoms with Crippen LogP contribution in [-0.4, -0.2) is 25.3 Å². The van der Waals surface area contributed by atoms with Crippen molar-refractivity contribution in [3.8, 4) is 0 Å². The van der Waals surface area contributed by atoms with Crippen molar-refractivity contribution >= 4 is 0 Å². The van der Waals surface area contributed by atoms with E-state index in [1.54, 1.807) is 0 Å². The van der Waals surface area contributed by atoms with E-state index in [0.717, 1.165) is 25.0 Å². The normalized spacial score (nSPS) is 20.1. The summed E-state index contributed by atoms with van der Waals surface area (Å²) >= 11 is 0. The van der Waals surface area contributed by atoms with Crippen LogP contribution in [0.3, 0.4) is 0 Å². The van der Waals surface area contributed by atoms with Crippen LogP contribution in [0.15, 0.2) is 0 Å². The first-order chi connectivity index (χ1) is 7.69. The van der Waals surface area contributed by atoms with Gasteiger partial charge in [0.05, 0.1) is 6.10 Å². The van der Waals surface area contributed by atoms with Crippen LogP contribution in [-0.2, 0) is 4.74 Å². The molecule has 2 heteroatoms. The maximum atomic E-state index is 5.96. The molecule has 2 nitrogen and oxygen atoms in total. The van der Waals surface area contributed by atoms with E-state index in [-0.39, 0.29) is 0 Å². The van der Waals surface area contributed by atoms with Gasteiger partial charge >= 0.3 is 0 Å². The fourth-order valence-corrected chi connectivity index (χ4v) is 2.37. The van der Waals surface area contributed by atoms with E-state index in [0.29, 0.717) is 12.1 Å². The van der Waals surface area contributed by atoms with E-state index < -0.39 is 0 Å². The molecular formula is C14H29NO. The number of ether oxygens (including phenoxy) is 1. The van der Waals surface area contributed by atoms with Crippen molar-refractivity contribution in [3.05, 3.63) is 0 Å². The summed E-state index contributed by atoms with van der Waals surface area (Å²) in [5.41, 5.74) is 0. The lowest BCUT2D eigenvalue weighted by atomic mass is 9.96. The van der Waals surface area contributed by atoms with Gasteiger partial charge in [0.2, 0.25) is 0 Å². The molecule has 16 heavy (non-hydrogen) atoms. The van der Waals surface area contributed by atoms with Gasteiger partial charge in [-0.25, -0.2) is 0 Å². The van der Waals surface area contributed by atoms with E-state index in [2.05, 4.69) is 33.0 Å². The van der Waals surface area contributed by atoms with E-state index in [1.165, 1.54) is 25.7 Å². The Morgan fingerprint density at radius 3 is 2.38 bits per heavy atom. The minimum Gasteiger partial charge on any atom is -0.377 e. The molecule has 0 radical (unpaired) electrons. The van der Waals surface area contributed by atoms with Crippen LogP contribution in [0.2, 0.25) is 0 Å². The van der Waals surface area contributed by atoms with Gasteiger partial charge in [-0.2, -0.15) is 0 Å². The Labute approximate surface area is 101 Å². The van der Waals surface area contributed by atoms with Gasteiger partial charge in [0.1, 0.15) is 0 Å². The zero-order valence-corrected chi connectivity index (χ0v) is 11.5. The van der Waals surface area contributed by atoms with Crippen molar-refractivity contribution in [2.45, 2.75) is 65.5 Å². The third kappa shape index (κ3) is 4.84. The zero-order chi connectivity index (χ0) is 12.0. The van der Waals surface area contributed by atoms with Crippen molar-refractivity contribution in [1.82, 2.24) is 5.32 Å². The Kier molecular flexibility index (Phi) is 6.37. The van der Waals surface area contributed by atoms with Crippen molar-refractivity contribution in [3.63, 3.8) is 0 Å². The number of nitrogens with one attached hydrogen (secondary N) is 1. The topological polar surface area (TPSA) is 21.3 Å². The molecule has 0 aromatic rings. The second-order valence-electron chi connectivity index (χ2n) is 5.45. The molecule has 0 bridgehead atoms. The summed E-state index contributed by atoms with van der Waals surface area (Å²) < 4.78 is 5.96. The van der Waals surface area contributed by atoms with E-state index in [1.807, 2.05) is 0 Å². The molecule has 0 saturated heterocycles. The maximum absolute atomic E-state index is 5.96. The Balaban J connectivity index is 2.47. The monoisotopic (exact) mass is 227 g/mol. The molecule has 1 N–H and O–H groups in total. The van der Waals surface area contributed by atoms with Crippen molar-refractivity contribution in [1.29, 1.82) is 0 Å². The summed E-state index contributed by atoms with van der Waals surface area (Å²) in [5, 5.41) is 3.68. The molecule has 2 atom stereocenters. The summed E-state index contributed by atoms with van der Waals surface area (Å²) in [6.45, 7) is 10.9. The quantitative estimate of drug-likeness (QED) is 0.653. The summed E-state index contributed by atoms with van der Waals surface area (Å²) in [4.78, 5) is 0. The number of hydrogen-bond donors (Lipinski definition) is 1. The molecule has 1 saturated carbocycles. The second-order valence-corrected chi connectivity index (χ2v) is 5.45. The summed E-state index contributed by atoms with van der Waals surface area (Å²) in [6, 6.07) is 0.562. The van der Waals surface area contributed by atoms with Gasteiger partial charge in [-0.05, 0) is 51.0 Å². The van der Waals surface area contributed by atoms with Gasteiger partial charge in [-0.15, -0.1) is 0 Å². The highest BCUT2D eigenvalue weighted by Crippen LogP contribution is 2.37. The average Bonchev–Trinajstić information content (AvgIpc) is 3.04. The fourth-order valence-electron chi connectivity index (χ4n) is 2.37. The minimum absolute atomic E-state index is 0.457. The highest BCUT2D eigenvalue weighted by molar-refractivity contribution is 4.90. The van der Waals surface area contributed by atoms with Gasteiger partial charge in [0.25, 0.3) is 0 Å². The van der Waals surface area contributed by atoms with Crippen LogP contribution in [0.4, 0.5) is 0 Å². The lowest BCUT2D eigenvalue weighted by Crippen LogP contribution is -2.44. The molecule has 96 valence electrons. The van der Waals surface area contributed by atoms with Gasteiger partial charge in [-0.1, -0.05) is 20.8 Å². The first-order valence-electron chi connectivity index (χ1n) is 7.04. The van der Waals surface area contributed by atoms with Crippen molar-refractivity contribution in [2.75, 3.05) is 13.2 Å². The molecule has 0 aromatic heterocycles. The highest BCUT2D eigenvalue weighted by Gasteiger charge is 2.37.